The fourth-order valence-corrected chi connectivity index (χ4v) is 9.87. The number of para-hydroxylation sites is 3. The first-order chi connectivity index (χ1) is 33.9. The van der Waals surface area contributed by atoms with Gasteiger partial charge >= 0.3 is 0 Å². The Labute approximate surface area is 381 Å². The predicted molar refractivity (Wildman–Crippen MR) is 274 cm³/mol. The van der Waals surface area contributed by atoms with Gasteiger partial charge in [-0.3, -0.25) is 0 Å². The molecule has 0 amide bonds. The first-order valence-corrected chi connectivity index (χ1v) is 21.9. The molecule has 2 heterocycles. The second-order valence-corrected chi connectivity index (χ2v) is 16.5. The maximum Gasteiger partial charge on any atom is 0.143 e. The summed E-state index contributed by atoms with van der Waals surface area (Å²) in [6.45, 7) is 0. The molecule has 304 valence electrons. The molecule has 13 aromatic rings. The zero-order valence-corrected chi connectivity index (χ0v) is 35.1. The van der Waals surface area contributed by atoms with E-state index < -0.39 is 0 Å². The van der Waals surface area contributed by atoms with Crippen LogP contribution in [0.15, 0.2) is 247 Å². The number of rotatable bonds is 7. The van der Waals surface area contributed by atoms with Gasteiger partial charge in [-0.25, -0.2) is 0 Å². The van der Waals surface area contributed by atoms with Crippen molar-refractivity contribution in [2.75, 3.05) is 4.90 Å². The Morgan fingerprint density at radius 1 is 0.385 bits per heavy atom. The van der Waals surface area contributed by atoms with Crippen molar-refractivity contribution in [1.29, 1.82) is 0 Å². The van der Waals surface area contributed by atoms with E-state index in [1.807, 2.05) is 95.9 Å². The molecule has 0 bridgehead atoms. The van der Waals surface area contributed by atoms with Crippen LogP contribution in [-0.4, -0.2) is 4.57 Å². The zero-order chi connectivity index (χ0) is 46.3. The first kappa shape index (κ1) is 33.0. The molecule has 3 nitrogen and oxygen atoms in total. The molecule has 0 saturated heterocycles. The third kappa shape index (κ3) is 6.05. The lowest BCUT2D eigenvalue weighted by molar-refractivity contribution is 0.672. The van der Waals surface area contributed by atoms with Gasteiger partial charge in [0.2, 0.25) is 0 Å². The van der Waals surface area contributed by atoms with E-state index in [0.717, 1.165) is 76.9 Å². The van der Waals surface area contributed by atoms with Crippen LogP contribution in [0.5, 0.6) is 0 Å². The van der Waals surface area contributed by atoms with Gasteiger partial charge in [-0.1, -0.05) is 176 Å². The minimum atomic E-state index is -0.162. The van der Waals surface area contributed by atoms with Gasteiger partial charge in [-0.05, 0) is 111 Å². The number of anilines is 3. The van der Waals surface area contributed by atoms with E-state index in [4.69, 9.17) is 4.42 Å². The molecule has 65 heavy (non-hydrogen) atoms. The molecule has 0 fully saturated rings. The lowest BCUT2D eigenvalue weighted by Crippen LogP contribution is -2.10. The topological polar surface area (TPSA) is 21.3 Å². The van der Waals surface area contributed by atoms with Crippen molar-refractivity contribution in [3.63, 3.8) is 0 Å². The third-order valence-electron chi connectivity index (χ3n) is 12.9. The van der Waals surface area contributed by atoms with Crippen LogP contribution in [0.1, 0.15) is 5.48 Å². The van der Waals surface area contributed by atoms with Gasteiger partial charge in [-0.2, -0.15) is 0 Å². The van der Waals surface area contributed by atoms with Crippen molar-refractivity contribution in [1.82, 2.24) is 4.57 Å². The standard InChI is InChI=1S/C62H40N2O/c1-3-19-49-42(14-1)16-12-24-50(49)46-18-11-17-45(40-46)41-30-35-47(36-31-41)63(59-28-13-29-60-61(59)55-39-34-43-15-2-4-21-52(43)62(55)65-60)48-37-32-44(33-38-48)51-20-5-8-25-56(51)64-57-26-9-6-22-53(57)54-23-7-10-27-58(54)64/h1-40H/i32D,33D,37D,38D. The molecule has 0 atom stereocenters. The Morgan fingerprint density at radius 2 is 0.985 bits per heavy atom. The van der Waals surface area contributed by atoms with Crippen molar-refractivity contribution in [2.45, 2.75) is 0 Å². The molecule has 0 aliphatic heterocycles. The Balaban J connectivity index is 1.01. The smallest absolute Gasteiger partial charge is 0.143 e. The maximum absolute atomic E-state index is 9.98. The van der Waals surface area contributed by atoms with E-state index in [9.17, 15) is 5.48 Å². The summed E-state index contributed by atoms with van der Waals surface area (Å²) in [7, 11) is 0. The minimum absolute atomic E-state index is 0.136. The summed E-state index contributed by atoms with van der Waals surface area (Å²) in [6, 6.07) is 73.4. The van der Waals surface area contributed by atoms with E-state index in [1.165, 1.54) is 10.8 Å². The van der Waals surface area contributed by atoms with Gasteiger partial charge in [-0.15, -0.1) is 0 Å². The number of aromatic nitrogens is 1. The SMILES string of the molecule is [2H]c1c([2H])c(N(c2ccc(-c3cccc(-c4cccc5ccccc45)c3)cc2)c2cccc3oc4c5ccccc5ccc4c23)c([2H])c([2H])c1-c1ccccc1-n1c2ccccc2c2ccccc21. The van der Waals surface area contributed by atoms with Crippen molar-refractivity contribution >= 4 is 82.4 Å². The van der Waals surface area contributed by atoms with E-state index in [2.05, 4.69) is 132 Å². The summed E-state index contributed by atoms with van der Waals surface area (Å²) >= 11 is 0. The number of benzene rings is 11. The Bertz CT molecular complexity index is 4120. The average Bonchev–Trinajstić information content (AvgIpc) is 3.96. The normalized spacial score (nSPS) is 12.6. The van der Waals surface area contributed by atoms with E-state index >= 15 is 0 Å². The Kier molecular flexibility index (Phi) is 7.61. The molecular formula is C62H40N2O. The summed E-state index contributed by atoms with van der Waals surface area (Å²) in [6.07, 6.45) is 0. The fourth-order valence-electron chi connectivity index (χ4n) is 9.87. The predicted octanol–water partition coefficient (Wildman–Crippen LogP) is 17.5. The van der Waals surface area contributed by atoms with Gasteiger partial charge in [0.15, 0.2) is 0 Å². The minimum Gasteiger partial charge on any atom is -0.455 e. The lowest BCUT2D eigenvalue weighted by Gasteiger charge is -2.27. The van der Waals surface area contributed by atoms with Crippen LogP contribution in [0.3, 0.4) is 0 Å². The van der Waals surface area contributed by atoms with Crippen molar-refractivity contribution < 1.29 is 9.90 Å². The third-order valence-corrected chi connectivity index (χ3v) is 12.9. The van der Waals surface area contributed by atoms with Crippen molar-refractivity contribution in [3.8, 4) is 39.1 Å². The van der Waals surface area contributed by atoms with Crippen LogP contribution in [-0.2, 0) is 0 Å². The highest BCUT2D eigenvalue weighted by Crippen LogP contribution is 2.45. The molecule has 11 aromatic carbocycles. The van der Waals surface area contributed by atoms with Gasteiger partial charge in [0, 0.05) is 38.5 Å². The molecule has 0 N–H and O–H groups in total. The summed E-state index contributed by atoms with van der Waals surface area (Å²) in [5.74, 6) is 0. The number of hydrogen-bond donors (Lipinski definition) is 0. The second-order valence-electron chi connectivity index (χ2n) is 16.5. The molecule has 3 heteroatoms. The number of furan rings is 1. The van der Waals surface area contributed by atoms with E-state index in [0.29, 0.717) is 22.5 Å². The molecule has 0 radical (unpaired) electrons. The molecule has 0 saturated carbocycles. The fraction of sp³-hybridized carbons (Fsp3) is 0. The average molecular weight is 833 g/mol. The highest BCUT2D eigenvalue weighted by Gasteiger charge is 2.22. The van der Waals surface area contributed by atoms with Gasteiger partial charge < -0.3 is 13.9 Å². The zero-order valence-electron chi connectivity index (χ0n) is 39.1. The van der Waals surface area contributed by atoms with E-state index in [-0.39, 0.29) is 35.4 Å². The lowest BCUT2D eigenvalue weighted by atomic mass is 9.95. The van der Waals surface area contributed by atoms with Crippen LogP contribution in [0, 0.1) is 0 Å². The Hall–Kier alpha value is -8.66. The van der Waals surface area contributed by atoms with Gasteiger partial charge in [0.1, 0.15) is 11.2 Å². The number of nitrogens with zero attached hydrogens (tertiary/aromatic N) is 2. The largest absolute Gasteiger partial charge is 0.455 e. The highest BCUT2D eigenvalue weighted by molar-refractivity contribution is 6.19. The van der Waals surface area contributed by atoms with Crippen LogP contribution >= 0.6 is 0 Å². The summed E-state index contributed by atoms with van der Waals surface area (Å²) in [5, 5.41) is 8.29. The molecule has 13 rings (SSSR count). The van der Waals surface area contributed by atoms with Crippen molar-refractivity contribution in [2.24, 2.45) is 0 Å². The van der Waals surface area contributed by atoms with Crippen LogP contribution in [0.25, 0.3) is 104 Å². The number of hydrogen-bond acceptors (Lipinski definition) is 2. The van der Waals surface area contributed by atoms with Crippen LogP contribution < -0.4 is 4.90 Å². The number of fused-ring (bicyclic) bond motifs is 9. The molecular weight excluding hydrogens is 789 g/mol. The van der Waals surface area contributed by atoms with E-state index in [1.54, 1.807) is 0 Å². The van der Waals surface area contributed by atoms with Crippen LogP contribution in [0.2, 0.25) is 0 Å². The van der Waals surface area contributed by atoms with Gasteiger partial charge in [0.25, 0.3) is 0 Å². The molecule has 0 aliphatic rings. The molecule has 2 aromatic heterocycles. The summed E-state index contributed by atoms with van der Waals surface area (Å²) < 4.78 is 48.5. The maximum atomic E-state index is 9.98. The molecule has 0 unspecified atom stereocenters. The second kappa shape index (κ2) is 15.0. The highest BCUT2D eigenvalue weighted by atomic mass is 16.3. The molecule has 0 spiro atoms. The molecule has 0 aliphatic carbocycles. The first-order valence-electron chi connectivity index (χ1n) is 23.9. The monoisotopic (exact) mass is 832 g/mol. The van der Waals surface area contributed by atoms with Crippen LogP contribution in [0.4, 0.5) is 17.1 Å². The Morgan fingerprint density at radius 3 is 1.77 bits per heavy atom. The summed E-state index contributed by atoms with van der Waals surface area (Å²) in [4.78, 5) is 1.88. The summed E-state index contributed by atoms with van der Waals surface area (Å²) in [5.41, 5.74) is 10.8. The van der Waals surface area contributed by atoms with Gasteiger partial charge in [0.05, 0.1) is 33.3 Å². The van der Waals surface area contributed by atoms with Crippen molar-refractivity contribution in [3.05, 3.63) is 243 Å². The quantitative estimate of drug-likeness (QED) is 0.160.